The lowest BCUT2D eigenvalue weighted by Crippen LogP contribution is -2.41. The zero-order valence-electron chi connectivity index (χ0n) is 28.8. The van der Waals surface area contributed by atoms with Gasteiger partial charge in [-0.25, -0.2) is 0 Å². The second-order valence-corrected chi connectivity index (χ2v) is 13.3. The lowest BCUT2D eigenvalue weighted by atomic mass is 9.78. The number of methoxy groups -OCH3 is 4. The van der Waals surface area contributed by atoms with Gasteiger partial charge in [0.05, 0.1) is 51.0 Å². The molecular weight excluding hydrogens is 603 g/mol. The van der Waals surface area contributed by atoms with E-state index in [-0.39, 0.29) is 6.04 Å². The highest BCUT2D eigenvalue weighted by atomic mass is 16.7. The topological polar surface area (TPSA) is 73.2 Å². The minimum atomic E-state index is -0.439. The molecule has 0 amide bonds. The molecule has 0 N–H and O–H groups in total. The molecule has 7 rings (SSSR count). The molecule has 9 heteroatoms. The smallest absolute Gasteiger partial charge is 0.494 e. The maximum Gasteiger partial charge on any atom is 0.494 e. The van der Waals surface area contributed by atoms with Gasteiger partial charge in [-0.2, -0.15) is 5.10 Å². The molecule has 48 heavy (non-hydrogen) atoms. The van der Waals surface area contributed by atoms with Crippen molar-refractivity contribution in [1.82, 2.24) is 9.78 Å². The van der Waals surface area contributed by atoms with Crippen LogP contribution < -0.4 is 24.4 Å². The van der Waals surface area contributed by atoms with Gasteiger partial charge in [-0.1, -0.05) is 48.5 Å². The standard InChI is InChI=1S/C39H41BN2O6/c1-38(2)39(3,4)48-40(47-38)28-15-9-24(10-16-28)35-32-21-27-22-33(45-7)34(46-8)23-31(27)37(32)42(41-35)36(25-11-17-29(43-5)18-12-25)26-13-19-30(44-6)20-14-26/h9-20,22-23,36H,21H2,1-8H3. The molecule has 4 aromatic carbocycles. The van der Waals surface area contributed by atoms with Crippen molar-refractivity contribution in [1.29, 1.82) is 0 Å². The fourth-order valence-electron chi connectivity index (χ4n) is 6.64. The van der Waals surface area contributed by atoms with Crippen LogP contribution in [-0.2, 0) is 15.7 Å². The Morgan fingerprint density at radius 1 is 0.688 bits per heavy atom. The van der Waals surface area contributed by atoms with Crippen LogP contribution in [-0.4, -0.2) is 56.5 Å². The minimum absolute atomic E-state index is 0.243. The van der Waals surface area contributed by atoms with Gasteiger partial charge in [-0.05, 0) is 86.2 Å². The Labute approximate surface area is 282 Å². The van der Waals surface area contributed by atoms with E-state index in [2.05, 4.69) is 93.0 Å². The summed E-state index contributed by atoms with van der Waals surface area (Å²) in [5, 5.41) is 5.43. The van der Waals surface area contributed by atoms with Gasteiger partial charge in [0.1, 0.15) is 17.5 Å². The molecule has 0 atom stereocenters. The lowest BCUT2D eigenvalue weighted by molar-refractivity contribution is 0.00578. The minimum Gasteiger partial charge on any atom is -0.497 e. The molecule has 0 radical (unpaired) electrons. The summed E-state index contributed by atoms with van der Waals surface area (Å²) in [5.74, 6) is 2.97. The number of aromatic nitrogens is 2. The van der Waals surface area contributed by atoms with Crippen LogP contribution in [0, 0.1) is 0 Å². The number of rotatable bonds is 9. The fraction of sp³-hybridized carbons (Fsp3) is 0.308. The van der Waals surface area contributed by atoms with Crippen LogP contribution in [0.3, 0.4) is 0 Å². The summed E-state index contributed by atoms with van der Waals surface area (Å²) in [7, 11) is 6.26. The van der Waals surface area contributed by atoms with Crippen molar-refractivity contribution >= 4 is 12.6 Å². The summed E-state index contributed by atoms with van der Waals surface area (Å²) in [6.45, 7) is 8.28. The molecule has 1 saturated heterocycles. The Morgan fingerprint density at radius 2 is 1.21 bits per heavy atom. The Hall–Kier alpha value is -4.73. The lowest BCUT2D eigenvalue weighted by Gasteiger charge is -2.32. The van der Waals surface area contributed by atoms with E-state index in [1.165, 1.54) is 0 Å². The molecule has 0 saturated carbocycles. The van der Waals surface area contributed by atoms with Crippen molar-refractivity contribution < 1.29 is 28.3 Å². The van der Waals surface area contributed by atoms with Gasteiger partial charge in [0.15, 0.2) is 11.5 Å². The van der Waals surface area contributed by atoms with Gasteiger partial charge in [0.2, 0.25) is 0 Å². The highest BCUT2D eigenvalue weighted by Crippen LogP contribution is 2.48. The van der Waals surface area contributed by atoms with E-state index >= 15 is 0 Å². The molecular formula is C39H41BN2O6. The highest BCUT2D eigenvalue weighted by Gasteiger charge is 2.51. The summed E-state index contributed by atoms with van der Waals surface area (Å²) in [6, 6.07) is 28.7. The maximum atomic E-state index is 6.34. The summed E-state index contributed by atoms with van der Waals surface area (Å²) < 4.78 is 37.3. The Bertz CT molecular complexity index is 1890. The molecule has 246 valence electrons. The van der Waals surface area contributed by atoms with Gasteiger partial charge in [-0.3, -0.25) is 4.68 Å². The number of nitrogens with zero attached hydrogens (tertiary/aromatic N) is 2. The number of hydrogen-bond acceptors (Lipinski definition) is 7. The second kappa shape index (κ2) is 12.1. The van der Waals surface area contributed by atoms with Crippen LogP contribution in [0.1, 0.15) is 56.0 Å². The predicted molar refractivity (Wildman–Crippen MR) is 188 cm³/mol. The van der Waals surface area contributed by atoms with Crippen molar-refractivity contribution in [3.05, 3.63) is 107 Å². The Morgan fingerprint density at radius 3 is 1.71 bits per heavy atom. The van der Waals surface area contributed by atoms with Crippen molar-refractivity contribution in [3.8, 4) is 45.5 Å². The van der Waals surface area contributed by atoms with Crippen molar-refractivity contribution in [3.63, 3.8) is 0 Å². The summed E-state index contributed by atoms with van der Waals surface area (Å²) in [4.78, 5) is 0. The average molecular weight is 645 g/mol. The Balaban J connectivity index is 1.40. The third kappa shape index (κ3) is 5.31. The van der Waals surface area contributed by atoms with Crippen LogP contribution >= 0.6 is 0 Å². The van der Waals surface area contributed by atoms with Crippen LogP contribution in [0.5, 0.6) is 23.0 Å². The number of benzene rings is 4. The quantitative estimate of drug-likeness (QED) is 0.156. The molecule has 5 aromatic rings. The first kappa shape index (κ1) is 31.9. The molecule has 1 aliphatic carbocycles. The van der Waals surface area contributed by atoms with Crippen LogP contribution in [0.25, 0.3) is 22.5 Å². The summed E-state index contributed by atoms with van der Waals surface area (Å²) >= 11 is 0. The van der Waals surface area contributed by atoms with Gasteiger partial charge in [0, 0.05) is 23.1 Å². The van der Waals surface area contributed by atoms with E-state index in [1.807, 2.05) is 24.3 Å². The largest absolute Gasteiger partial charge is 0.497 e. The monoisotopic (exact) mass is 644 g/mol. The van der Waals surface area contributed by atoms with Gasteiger partial charge in [0.25, 0.3) is 0 Å². The zero-order chi connectivity index (χ0) is 33.8. The van der Waals surface area contributed by atoms with Crippen molar-refractivity contribution in [2.75, 3.05) is 28.4 Å². The molecule has 0 unspecified atom stereocenters. The average Bonchev–Trinajstić information content (AvgIpc) is 3.71. The molecule has 2 aliphatic rings. The van der Waals surface area contributed by atoms with Crippen LogP contribution in [0.4, 0.5) is 0 Å². The molecule has 2 heterocycles. The van der Waals surface area contributed by atoms with Crippen LogP contribution in [0.15, 0.2) is 84.9 Å². The van der Waals surface area contributed by atoms with Gasteiger partial charge >= 0.3 is 7.12 Å². The molecule has 0 bridgehead atoms. The molecule has 1 fully saturated rings. The van der Waals surface area contributed by atoms with Gasteiger partial charge in [-0.15, -0.1) is 0 Å². The second-order valence-electron chi connectivity index (χ2n) is 13.3. The predicted octanol–water partition coefficient (Wildman–Crippen LogP) is 7.09. The third-order valence-corrected chi connectivity index (χ3v) is 10.1. The fourth-order valence-corrected chi connectivity index (χ4v) is 6.64. The molecule has 8 nitrogen and oxygen atoms in total. The van der Waals surface area contributed by atoms with E-state index in [0.717, 1.165) is 61.7 Å². The third-order valence-electron chi connectivity index (χ3n) is 10.1. The van der Waals surface area contributed by atoms with Crippen molar-refractivity contribution in [2.24, 2.45) is 0 Å². The first-order chi connectivity index (χ1) is 23.1. The first-order valence-corrected chi connectivity index (χ1v) is 16.2. The first-order valence-electron chi connectivity index (χ1n) is 16.2. The van der Waals surface area contributed by atoms with E-state index in [1.54, 1.807) is 28.4 Å². The highest BCUT2D eigenvalue weighted by molar-refractivity contribution is 6.62. The maximum absolute atomic E-state index is 6.34. The van der Waals surface area contributed by atoms with Crippen LogP contribution in [0.2, 0.25) is 0 Å². The van der Waals surface area contributed by atoms with E-state index < -0.39 is 18.3 Å². The molecule has 1 aliphatic heterocycles. The number of fused-ring (bicyclic) bond motifs is 3. The summed E-state index contributed by atoms with van der Waals surface area (Å²) in [5.41, 5.74) is 8.65. The SMILES string of the molecule is COc1ccc(C(c2ccc(OC)cc2)n2nc(-c3ccc(B4OC(C)(C)C(C)(C)O4)cc3)c3c2-c2cc(OC)c(OC)cc2C3)cc1. The van der Waals surface area contributed by atoms with E-state index in [9.17, 15) is 0 Å². The number of ether oxygens (including phenoxy) is 4. The Kier molecular flexibility index (Phi) is 8.00. The van der Waals surface area contributed by atoms with E-state index in [4.69, 9.17) is 33.4 Å². The van der Waals surface area contributed by atoms with Gasteiger partial charge < -0.3 is 28.3 Å². The molecule has 0 spiro atoms. The molecule has 1 aromatic heterocycles. The summed E-state index contributed by atoms with van der Waals surface area (Å²) in [6.07, 6.45) is 0.706. The number of hydrogen-bond donors (Lipinski definition) is 0. The zero-order valence-corrected chi connectivity index (χ0v) is 28.8. The van der Waals surface area contributed by atoms with Crippen molar-refractivity contribution in [2.45, 2.75) is 51.4 Å². The normalized spacial score (nSPS) is 15.7. The van der Waals surface area contributed by atoms with E-state index in [0.29, 0.717) is 17.9 Å².